The number of piperazine rings is 1. The van der Waals surface area contributed by atoms with E-state index in [-0.39, 0.29) is 48.7 Å². The molecule has 3 rings (SSSR count). The standard InChI is InChI=1S/C20H24F2N4O4/c1-12(27)3-2-4-23-18(28)20(30)26-7-5-25(6-8-26)19(29)17-11-14-15(22)9-13(21)10-16(14)24-17/h9-12,24,27H,2-8H2,1H3,(H,23,28). The Bertz CT molecular complexity index is 952. The zero-order chi connectivity index (χ0) is 21.8. The lowest BCUT2D eigenvalue weighted by Gasteiger charge is -2.34. The number of rotatable bonds is 5. The molecule has 30 heavy (non-hydrogen) atoms. The van der Waals surface area contributed by atoms with E-state index in [2.05, 4.69) is 10.3 Å². The topological polar surface area (TPSA) is 106 Å². The van der Waals surface area contributed by atoms with E-state index < -0.39 is 29.6 Å². The quantitative estimate of drug-likeness (QED) is 0.494. The van der Waals surface area contributed by atoms with Crippen molar-refractivity contribution in [1.82, 2.24) is 20.1 Å². The summed E-state index contributed by atoms with van der Waals surface area (Å²) in [4.78, 5) is 42.5. The molecule has 8 nitrogen and oxygen atoms in total. The SMILES string of the molecule is CC(O)CCCNC(=O)C(=O)N1CCN(C(=O)c2cc3c(F)cc(F)cc3[nH]2)CC1. The van der Waals surface area contributed by atoms with Crippen LogP contribution in [0.1, 0.15) is 30.3 Å². The van der Waals surface area contributed by atoms with Gasteiger partial charge in [0.15, 0.2) is 0 Å². The van der Waals surface area contributed by atoms with Crippen LogP contribution in [0, 0.1) is 11.6 Å². The normalized spacial score (nSPS) is 15.3. The lowest BCUT2D eigenvalue weighted by molar-refractivity contribution is -0.146. The first-order valence-electron chi connectivity index (χ1n) is 9.78. The second-order valence-electron chi connectivity index (χ2n) is 7.36. The van der Waals surface area contributed by atoms with E-state index in [0.29, 0.717) is 19.4 Å². The van der Waals surface area contributed by atoms with E-state index in [4.69, 9.17) is 0 Å². The van der Waals surface area contributed by atoms with Gasteiger partial charge in [0.25, 0.3) is 5.91 Å². The maximum atomic E-state index is 13.9. The smallest absolute Gasteiger partial charge is 0.312 e. The van der Waals surface area contributed by atoms with Crippen molar-refractivity contribution in [1.29, 1.82) is 0 Å². The van der Waals surface area contributed by atoms with Crippen LogP contribution in [0.2, 0.25) is 0 Å². The fourth-order valence-electron chi connectivity index (χ4n) is 3.38. The van der Waals surface area contributed by atoms with Gasteiger partial charge in [-0.25, -0.2) is 8.78 Å². The molecule has 0 aliphatic carbocycles. The second-order valence-corrected chi connectivity index (χ2v) is 7.36. The lowest BCUT2D eigenvalue weighted by atomic mass is 10.2. The average molecular weight is 422 g/mol. The summed E-state index contributed by atoms with van der Waals surface area (Å²) in [5.74, 6) is -3.26. The molecule has 1 fully saturated rings. The van der Waals surface area contributed by atoms with Crippen molar-refractivity contribution in [2.45, 2.75) is 25.9 Å². The highest BCUT2D eigenvalue weighted by Gasteiger charge is 2.28. The molecule has 2 aromatic rings. The van der Waals surface area contributed by atoms with E-state index in [0.717, 1.165) is 12.1 Å². The number of carbonyl (C=O) groups is 3. The van der Waals surface area contributed by atoms with Gasteiger partial charge in [0, 0.05) is 44.2 Å². The average Bonchev–Trinajstić information content (AvgIpc) is 3.14. The van der Waals surface area contributed by atoms with Gasteiger partial charge in [-0.15, -0.1) is 0 Å². The summed E-state index contributed by atoms with van der Waals surface area (Å²) in [7, 11) is 0. The minimum absolute atomic E-state index is 0.126. The Morgan fingerprint density at radius 3 is 2.47 bits per heavy atom. The highest BCUT2D eigenvalue weighted by molar-refractivity contribution is 6.35. The Balaban J connectivity index is 1.53. The zero-order valence-electron chi connectivity index (χ0n) is 16.6. The summed E-state index contributed by atoms with van der Waals surface area (Å²) >= 11 is 0. The summed E-state index contributed by atoms with van der Waals surface area (Å²) in [6.45, 7) is 2.76. The molecule has 2 heterocycles. The van der Waals surface area contributed by atoms with Crippen LogP contribution >= 0.6 is 0 Å². The number of halogens is 2. The first-order chi connectivity index (χ1) is 14.3. The fraction of sp³-hybridized carbons (Fsp3) is 0.450. The number of aliphatic hydroxyl groups excluding tert-OH is 1. The number of H-pyrrole nitrogens is 1. The largest absolute Gasteiger partial charge is 0.393 e. The monoisotopic (exact) mass is 422 g/mol. The Labute approximate surface area is 171 Å². The zero-order valence-corrected chi connectivity index (χ0v) is 16.6. The van der Waals surface area contributed by atoms with Gasteiger partial charge in [0.05, 0.1) is 11.6 Å². The van der Waals surface area contributed by atoms with Crippen molar-refractivity contribution in [2.24, 2.45) is 0 Å². The van der Waals surface area contributed by atoms with Gasteiger partial charge >= 0.3 is 11.8 Å². The third-order valence-electron chi connectivity index (χ3n) is 5.02. The van der Waals surface area contributed by atoms with E-state index in [1.807, 2.05) is 0 Å². The van der Waals surface area contributed by atoms with Gasteiger partial charge in [-0.05, 0) is 31.9 Å². The van der Waals surface area contributed by atoms with Crippen molar-refractivity contribution in [3.63, 3.8) is 0 Å². The molecule has 1 aliphatic heterocycles. The summed E-state index contributed by atoms with van der Waals surface area (Å²) < 4.78 is 27.2. The third kappa shape index (κ3) is 4.93. The number of aliphatic hydroxyl groups is 1. The minimum atomic E-state index is -0.754. The van der Waals surface area contributed by atoms with Crippen molar-refractivity contribution in [2.75, 3.05) is 32.7 Å². The molecule has 0 saturated carbocycles. The van der Waals surface area contributed by atoms with Crippen LogP contribution in [-0.2, 0) is 9.59 Å². The predicted octanol–water partition coefficient (Wildman–Crippen LogP) is 1.01. The number of fused-ring (bicyclic) bond motifs is 1. The molecule has 3 N–H and O–H groups in total. The van der Waals surface area contributed by atoms with Crippen LogP contribution in [0.3, 0.4) is 0 Å². The summed E-state index contributed by atoms with van der Waals surface area (Å²) in [6, 6.07) is 3.21. The summed E-state index contributed by atoms with van der Waals surface area (Å²) in [5.41, 5.74) is 0.321. The predicted molar refractivity (Wildman–Crippen MR) is 105 cm³/mol. The van der Waals surface area contributed by atoms with E-state index >= 15 is 0 Å². The third-order valence-corrected chi connectivity index (χ3v) is 5.02. The first-order valence-corrected chi connectivity index (χ1v) is 9.78. The maximum Gasteiger partial charge on any atom is 0.312 e. The van der Waals surface area contributed by atoms with E-state index in [1.54, 1.807) is 6.92 Å². The molecular weight excluding hydrogens is 398 g/mol. The van der Waals surface area contributed by atoms with E-state index in [1.165, 1.54) is 15.9 Å². The molecule has 1 aliphatic rings. The highest BCUT2D eigenvalue weighted by Crippen LogP contribution is 2.21. The summed E-state index contributed by atoms with van der Waals surface area (Å²) in [5, 5.41) is 11.8. The lowest BCUT2D eigenvalue weighted by Crippen LogP contribution is -2.54. The number of amides is 3. The van der Waals surface area contributed by atoms with Crippen LogP contribution in [0.25, 0.3) is 10.9 Å². The minimum Gasteiger partial charge on any atom is -0.393 e. The maximum absolute atomic E-state index is 13.9. The molecule has 0 radical (unpaired) electrons. The van der Waals surface area contributed by atoms with Crippen LogP contribution in [0.4, 0.5) is 8.78 Å². The van der Waals surface area contributed by atoms with Gasteiger partial charge in [0.2, 0.25) is 0 Å². The molecule has 162 valence electrons. The molecule has 1 atom stereocenters. The van der Waals surface area contributed by atoms with Crippen molar-refractivity contribution < 1.29 is 28.3 Å². The molecule has 0 bridgehead atoms. The molecule has 1 aromatic carbocycles. The van der Waals surface area contributed by atoms with Gasteiger partial charge < -0.3 is 25.2 Å². The molecule has 10 heteroatoms. The number of carbonyl (C=O) groups excluding carboxylic acids is 3. The number of hydrogen-bond acceptors (Lipinski definition) is 4. The van der Waals surface area contributed by atoms with Gasteiger partial charge in [-0.3, -0.25) is 14.4 Å². The molecule has 0 spiro atoms. The highest BCUT2D eigenvalue weighted by atomic mass is 19.1. The Morgan fingerprint density at radius 2 is 1.80 bits per heavy atom. The Hall–Kier alpha value is -3.01. The summed E-state index contributed by atoms with van der Waals surface area (Å²) in [6.07, 6.45) is 0.629. The van der Waals surface area contributed by atoms with Crippen LogP contribution in [-0.4, -0.2) is 76.4 Å². The van der Waals surface area contributed by atoms with Crippen LogP contribution in [0.5, 0.6) is 0 Å². The number of hydrogen-bond donors (Lipinski definition) is 3. The van der Waals surface area contributed by atoms with Crippen molar-refractivity contribution in [3.05, 3.63) is 35.5 Å². The molecule has 3 amide bonds. The van der Waals surface area contributed by atoms with Crippen LogP contribution in [0.15, 0.2) is 18.2 Å². The van der Waals surface area contributed by atoms with Crippen molar-refractivity contribution in [3.8, 4) is 0 Å². The van der Waals surface area contributed by atoms with Gasteiger partial charge in [-0.1, -0.05) is 0 Å². The second kappa shape index (κ2) is 9.21. The molecule has 1 unspecified atom stereocenters. The number of aromatic nitrogens is 1. The van der Waals surface area contributed by atoms with Gasteiger partial charge in [-0.2, -0.15) is 0 Å². The van der Waals surface area contributed by atoms with Crippen LogP contribution < -0.4 is 5.32 Å². The first kappa shape index (κ1) is 21.7. The number of nitrogens with one attached hydrogen (secondary N) is 2. The number of benzene rings is 1. The Morgan fingerprint density at radius 1 is 1.13 bits per heavy atom. The van der Waals surface area contributed by atoms with Crippen molar-refractivity contribution >= 4 is 28.6 Å². The fourth-order valence-corrected chi connectivity index (χ4v) is 3.38. The number of aromatic amines is 1. The van der Waals surface area contributed by atoms with E-state index in [9.17, 15) is 28.3 Å². The Kier molecular flexibility index (Phi) is 6.66. The number of nitrogens with zero attached hydrogens (tertiary/aromatic N) is 2. The molecule has 1 aromatic heterocycles. The van der Waals surface area contributed by atoms with Gasteiger partial charge in [0.1, 0.15) is 17.3 Å². The molecule has 1 saturated heterocycles. The molecular formula is C20H24F2N4O4.